The quantitative estimate of drug-likeness (QED) is 0.133. The molecule has 13 nitrogen and oxygen atoms in total. The van der Waals surface area contributed by atoms with E-state index in [1.165, 1.54) is 19.2 Å². The smallest absolute Gasteiger partial charge is 0.232 e. The van der Waals surface area contributed by atoms with E-state index in [0.29, 0.717) is 0 Å². The van der Waals surface area contributed by atoms with Crippen LogP contribution >= 0.6 is 0 Å². The molecule has 2 heterocycles. The van der Waals surface area contributed by atoms with Crippen molar-refractivity contribution in [3.05, 3.63) is 40.6 Å². The summed E-state index contributed by atoms with van der Waals surface area (Å²) in [6.07, 6.45) is -7.87. The minimum Gasteiger partial charge on any atom is -0.507 e. The summed E-state index contributed by atoms with van der Waals surface area (Å²) in [6, 6.07) is 5.74. The normalized spacial score (nSPS) is 24.4. The van der Waals surface area contributed by atoms with E-state index < -0.39 is 60.0 Å². The molecule has 0 aliphatic carbocycles. The first-order valence-corrected chi connectivity index (χ1v) is 10.2. The van der Waals surface area contributed by atoms with Crippen LogP contribution in [0.1, 0.15) is 0 Å². The van der Waals surface area contributed by atoms with Crippen LogP contribution < -0.4 is 15.1 Å². The Bertz CT molecular complexity index is 1280. The van der Waals surface area contributed by atoms with Gasteiger partial charge in [0, 0.05) is 23.8 Å². The van der Waals surface area contributed by atoms with Gasteiger partial charge in [-0.1, -0.05) is 0 Å². The lowest BCUT2D eigenvalue weighted by Gasteiger charge is -2.38. The molecule has 13 heteroatoms. The molecule has 1 aromatic heterocycles. The molecule has 1 aliphatic rings. The van der Waals surface area contributed by atoms with Gasteiger partial charge in [-0.2, -0.15) is 4.89 Å². The highest BCUT2D eigenvalue weighted by Gasteiger charge is 2.45. The van der Waals surface area contributed by atoms with E-state index in [-0.39, 0.29) is 33.8 Å². The fourth-order valence-corrected chi connectivity index (χ4v) is 3.57. The van der Waals surface area contributed by atoms with Gasteiger partial charge in [0.15, 0.2) is 22.7 Å². The van der Waals surface area contributed by atoms with Gasteiger partial charge in [-0.25, -0.2) is 0 Å². The summed E-state index contributed by atoms with van der Waals surface area (Å²) in [5.41, 5.74) is -0.599. The Morgan fingerprint density at radius 3 is 2.37 bits per heavy atom. The molecule has 7 N–H and O–H groups in total. The minimum absolute atomic E-state index is 0.0394. The molecule has 35 heavy (non-hydrogen) atoms. The van der Waals surface area contributed by atoms with Crippen molar-refractivity contribution >= 4 is 11.0 Å². The summed E-state index contributed by atoms with van der Waals surface area (Å²) >= 11 is 0. The lowest BCUT2D eigenvalue weighted by Crippen LogP contribution is -2.59. The van der Waals surface area contributed by atoms with Crippen LogP contribution in [0.4, 0.5) is 0 Å². The number of hydrogen-bond donors (Lipinski definition) is 7. The SMILES string of the molecule is COc1cc(-c2cc(=O)c3c(O)cc(OO[C@H]4O[C@@H](CO)[C@H](O)[C@H](O)[C@@H]4O)cc3o2)cc(O)c1O. The Morgan fingerprint density at radius 1 is 0.943 bits per heavy atom. The van der Waals surface area contributed by atoms with E-state index in [1.54, 1.807) is 0 Å². The Kier molecular flexibility index (Phi) is 6.71. The summed E-state index contributed by atoms with van der Waals surface area (Å²) in [5.74, 6) is -1.86. The molecule has 0 spiro atoms. The van der Waals surface area contributed by atoms with Crippen LogP contribution in [0.3, 0.4) is 0 Å². The molecule has 1 aliphatic heterocycles. The molecular formula is C22H22O13. The number of phenols is 3. The molecule has 0 radical (unpaired) electrons. The fraction of sp³-hybridized carbons (Fsp3) is 0.318. The number of aliphatic hydroxyl groups excluding tert-OH is 4. The average Bonchev–Trinajstić information content (AvgIpc) is 2.83. The van der Waals surface area contributed by atoms with Crippen LogP contribution in [-0.4, -0.2) is 80.2 Å². The molecule has 1 fully saturated rings. The Balaban J connectivity index is 1.65. The fourth-order valence-electron chi connectivity index (χ4n) is 3.57. The van der Waals surface area contributed by atoms with Gasteiger partial charge >= 0.3 is 0 Å². The second-order valence-electron chi connectivity index (χ2n) is 7.71. The van der Waals surface area contributed by atoms with Gasteiger partial charge in [-0.15, -0.1) is 0 Å². The van der Waals surface area contributed by atoms with Gasteiger partial charge in [0.25, 0.3) is 0 Å². The summed E-state index contributed by atoms with van der Waals surface area (Å²) < 4.78 is 15.8. The van der Waals surface area contributed by atoms with E-state index in [9.17, 15) is 40.5 Å². The van der Waals surface area contributed by atoms with Crippen molar-refractivity contribution in [3.8, 4) is 40.1 Å². The number of rotatable bonds is 6. The monoisotopic (exact) mass is 494 g/mol. The number of phenolic OH excluding ortho intramolecular Hbond substituents is 3. The molecule has 0 saturated carbocycles. The van der Waals surface area contributed by atoms with E-state index in [1.807, 2.05) is 0 Å². The van der Waals surface area contributed by atoms with Crippen LogP contribution in [0, 0.1) is 0 Å². The second kappa shape index (κ2) is 9.58. The second-order valence-corrected chi connectivity index (χ2v) is 7.71. The third kappa shape index (κ3) is 4.55. The van der Waals surface area contributed by atoms with Gasteiger partial charge in [0.1, 0.15) is 46.9 Å². The standard InChI is InChI=1S/C22H22O13/c1-31-15-3-8(2-12(26)18(15)27)13-6-11(25)17-10(24)4-9(5-14(17)32-13)34-35-22-21(30)20(29)19(28)16(7-23)33-22/h2-6,16,19-24,26-30H,7H2,1H3/t16-,19-,20-,21-,22+/m0/s1. The average molecular weight is 494 g/mol. The van der Waals surface area contributed by atoms with Crippen molar-refractivity contribution in [2.75, 3.05) is 13.7 Å². The zero-order valence-corrected chi connectivity index (χ0v) is 18.1. The number of aliphatic hydroxyl groups is 4. The largest absolute Gasteiger partial charge is 0.507 e. The first-order valence-electron chi connectivity index (χ1n) is 10.2. The van der Waals surface area contributed by atoms with Crippen LogP contribution in [0.25, 0.3) is 22.3 Å². The molecule has 2 aromatic carbocycles. The summed E-state index contributed by atoms with van der Waals surface area (Å²) in [6.45, 7) is -0.674. The van der Waals surface area contributed by atoms with E-state index >= 15 is 0 Å². The molecule has 1 saturated heterocycles. The molecule has 5 atom stereocenters. The van der Waals surface area contributed by atoms with Crippen LogP contribution in [-0.2, 0) is 9.62 Å². The van der Waals surface area contributed by atoms with Gasteiger partial charge in [0.05, 0.1) is 13.7 Å². The summed E-state index contributed by atoms with van der Waals surface area (Å²) in [4.78, 5) is 22.7. The van der Waals surface area contributed by atoms with Gasteiger partial charge in [-0.05, 0) is 12.1 Å². The Hall–Kier alpha value is -3.59. The highest BCUT2D eigenvalue weighted by atomic mass is 17.2. The topological polar surface area (TPSA) is 209 Å². The van der Waals surface area contributed by atoms with Crippen molar-refractivity contribution in [1.82, 2.24) is 0 Å². The van der Waals surface area contributed by atoms with Crippen molar-refractivity contribution in [3.63, 3.8) is 0 Å². The predicted octanol–water partition coefficient (Wildman–Crippen LogP) is -0.304. The van der Waals surface area contributed by atoms with Crippen molar-refractivity contribution < 1.29 is 59.4 Å². The maximum atomic E-state index is 12.6. The van der Waals surface area contributed by atoms with Crippen LogP contribution in [0.5, 0.6) is 28.7 Å². The van der Waals surface area contributed by atoms with Gasteiger partial charge in [0.2, 0.25) is 12.0 Å². The maximum Gasteiger partial charge on any atom is 0.232 e. The first kappa shape index (κ1) is 24.5. The summed E-state index contributed by atoms with van der Waals surface area (Å²) in [5, 5.41) is 68.8. The van der Waals surface area contributed by atoms with Gasteiger partial charge in [-0.3, -0.25) is 4.79 Å². The molecule has 0 bridgehead atoms. The molecule has 188 valence electrons. The number of ether oxygens (including phenoxy) is 2. The lowest BCUT2D eigenvalue weighted by molar-refractivity contribution is -0.386. The van der Waals surface area contributed by atoms with Gasteiger partial charge < -0.3 is 54.5 Å². The number of hydrogen-bond acceptors (Lipinski definition) is 13. The molecule has 4 rings (SSSR count). The predicted molar refractivity (Wildman–Crippen MR) is 115 cm³/mol. The van der Waals surface area contributed by atoms with Crippen molar-refractivity contribution in [1.29, 1.82) is 0 Å². The van der Waals surface area contributed by atoms with E-state index in [4.69, 9.17) is 23.7 Å². The lowest BCUT2D eigenvalue weighted by atomic mass is 9.99. The molecular weight excluding hydrogens is 472 g/mol. The summed E-state index contributed by atoms with van der Waals surface area (Å²) in [7, 11) is 1.27. The molecule has 3 aromatic rings. The first-order chi connectivity index (χ1) is 16.6. The number of aromatic hydroxyl groups is 3. The maximum absolute atomic E-state index is 12.6. The van der Waals surface area contributed by atoms with Crippen molar-refractivity contribution in [2.24, 2.45) is 0 Å². The van der Waals surface area contributed by atoms with Crippen LogP contribution in [0.2, 0.25) is 0 Å². The number of methoxy groups -OCH3 is 1. The highest BCUT2D eigenvalue weighted by Crippen LogP contribution is 2.40. The minimum atomic E-state index is -1.73. The zero-order valence-electron chi connectivity index (χ0n) is 18.1. The van der Waals surface area contributed by atoms with E-state index in [2.05, 4.69) is 0 Å². The molecule has 0 amide bonds. The highest BCUT2D eigenvalue weighted by molar-refractivity contribution is 5.86. The van der Waals surface area contributed by atoms with E-state index in [0.717, 1.165) is 18.2 Å². The zero-order chi connectivity index (χ0) is 25.4. The number of fused-ring (bicyclic) bond motifs is 1. The van der Waals surface area contributed by atoms with Crippen molar-refractivity contribution in [2.45, 2.75) is 30.7 Å². The number of benzene rings is 2. The third-order valence-electron chi connectivity index (χ3n) is 5.43. The third-order valence-corrected chi connectivity index (χ3v) is 5.43. The molecule has 0 unspecified atom stereocenters. The Morgan fingerprint density at radius 2 is 1.69 bits per heavy atom. The van der Waals surface area contributed by atoms with Crippen LogP contribution in [0.15, 0.2) is 39.5 Å². The Labute approximate surface area is 196 Å².